The lowest BCUT2D eigenvalue weighted by atomic mass is 9.93. The number of hydrogen-bond donors (Lipinski definition) is 2. The van der Waals surface area contributed by atoms with Crippen LogP contribution in [0.2, 0.25) is 10.0 Å². The van der Waals surface area contributed by atoms with Crippen molar-refractivity contribution in [3.63, 3.8) is 0 Å². The molecule has 0 unspecified atom stereocenters. The van der Waals surface area contributed by atoms with Crippen molar-refractivity contribution in [2.24, 2.45) is 5.92 Å². The van der Waals surface area contributed by atoms with Gasteiger partial charge in [0.15, 0.2) is 0 Å². The van der Waals surface area contributed by atoms with Gasteiger partial charge >= 0.3 is 0 Å². The van der Waals surface area contributed by atoms with E-state index in [-0.39, 0.29) is 5.91 Å². The van der Waals surface area contributed by atoms with E-state index in [1.807, 2.05) is 24.5 Å². The van der Waals surface area contributed by atoms with Crippen LogP contribution in [-0.4, -0.2) is 40.5 Å². The molecule has 0 bridgehead atoms. The highest BCUT2D eigenvalue weighted by molar-refractivity contribution is 6.35. The third kappa shape index (κ3) is 4.88. The fraction of sp³-hybridized carbons (Fsp3) is 0.269. The normalized spacial score (nSPS) is 14.5. The molecule has 0 saturated carbocycles. The van der Waals surface area contributed by atoms with Crippen LogP contribution in [0.1, 0.15) is 29.6 Å². The summed E-state index contributed by atoms with van der Waals surface area (Å²) in [7, 11) is 0. The smallest absolute Gasteiger partial charge is 0.251 e. The number of nitrogens with one attached hydrogen (secondary N) is 2. The van der Waals surface area contributed by atoms with Crippen LogP contribution in [0, 0.1) is 5.92 Å². The number of carbonyl (C=O) groups is 1. The van der Waals surface area contributed by atoms with Crippen LogP contribution in [0.5, 0.6) is 0 Å². The van der Waals surface area contributed by atoms with E-state index in [9.17, 15) is 4.79 Å². The average molecular weight is 494 g/mol. The summed E-state index contributed by atoms with van der Waals surface area (Å²) in [5.74, 6) is 1.09. The average Bonchev–Trinajstić information content (AvgIpc) is 3.31. The number of aromatic amines is 1. The molecule has 1 fully saturated rings. The van der Waals surface area contributed by atoms with Crippen molar-refractivity contribution in [3.05, 3.63) is 76.5 Å². The van der Waals surface area contributed by atoms with Crippen molar-refractivity contribution in [3.8, 4) is 11.4 Å². The van der Waals surface area contributed by atoms with Gasteiger partial charge in [0, 0.05) is 48.8 Å². The Hall–Kier alpha value is -3.09. The zero-order chi connectivity index (χ0) is 23.5. The first-order chi connectivity index (χ1) is 16.6. The van der Waals surface area contributed by atoms with Crippen LogP contribution in [0.3, 0.4) is 0 Å². The molecule has 0 radical (unpaired) electrons. The first-order valence-corrected chi connectivity index (χ1v) is 12.2. The van der Waals surface area contributed by atoms with Gasteiger partial charge in [0.2, 0.25) is 0 Å². The van der Waals surface area contributed by atoms with Crippen molar-refractivity contribution in [2.45, 2.75) is 19.3 Å². The molecule has 0 aliphatic carbocycles. The molecule has 34 heavy (non-hydrogen) atoms. The van der Waals surface area contributed by atoms with Crippen LogP contribution in [-0.2, 0) is 0 Å². The van der Waals surface area contributed by atoms with Gasteiger partial charge in [0.25, 0.3) is 5.91 Å². The third-order valence-corrected chi connectivity index (χ3v) is 7.08. The molecule has 4 aromatic rings. The summed E-state index contributed by atoms with van der Waals surface area (Å²) in [5, 5.41) is 4.18. The molecule has 2 aromatic carbocycles. The number of halogens is 2. The Morgan fingerprint density at radius 3 is 2.62 bits per heavy atom. The van der Waals surface area contributed by atoms with E-state index in [2.05, 4.69) is 37.3 Å². The summed E-state index contributed by atoms with van der Waals surface area (Å²) in [6, 6.07) is 14.9. The minimum atomic E-state index is -0.110. The SMILES string of the molecule is O=C(NCCC1CCN(c2ccncc2)CC1)c1ccc(Cl)c(-c2nc3cccc(Cl)c3[nH]2)c1. The quantitative estimate of drug-likeness (QED) is 0.347. The van der Waals surface area contributed by atoms with Crippen LogP contribution in [0.4, 0.5) is 5.69 Å². The Balaban J connectivity index is 1.18. The van der Waals surface area contributed by atoms with Gasteiger partial charge in [-0.1, -0.05) is 29.3 Å². The Kier molecular flexibility index (Phi) is 6.70. The lowest BCUT2D eigenvalue weighted by Gasteiger charge is -2.33. The van der Waals surface area contributed by atoms with E-state index in [0.717, 1.165) is 43.4 Å². The van der Waals surface area contributed by atoms with E-state index in [1.54, 1.807) is 24.3 Å². The maximum absolute atomic E-state index is 12.8. The van der Waals surface area contributed by atoms with E-state index in [4.69, 9.17) is 23.2 Å². The number of anilines is 1. The maximum Gasteiger partial charge on any atom is 0.251 e. The number of benzene rings is 2. The van der Waals surface area contributed by atoms with Gasteiger partial charge in [0.1, 0.15) is 5.82 Å². The van der Waals surface area contributed by atoms with Crippen molar-refractivity contribution in [2.75, 3.05) is 24.5 Å². The zero-order valence-corrected chi connectivity index (χ0v) is 20.1. The topological polar surface area (TPSA) is 73.9 Å². The number of nitrogens with zero attached hydrogens (tertiary/aromatic N) is 3. The molecule has 2 N–H and O–H groups in total. The second kappa shape index (κ2) is 10.0. The molecule has 2 aromatic heterocycles. The van der Waals surface area contributed by atoms with Crippen molar-refractivity contribution >= 4 is 45.8 Å². The van der Waals surface area contributed by atoms with E-state index in [1.165, 1.54) is 5.69 Å². The monoisotopic (exact) mass is 493 g/mol. The summed E-state index contributed by atoms with van der Waals surface area (Å²) in [5.41, 5.74) is 3.96. The van der Waals surface area contributed by atoms with Gasteiger partial charge in [-0.05, 0) is 67.6 Å². The van der Waals surface area contributed by atoms with E-state index < -0.39 is 0 Å². The van der Waals surface area contributed by atoms with Crippen LogP contribution >= 0.6 is 23.2 Å². The molecule has 0 atom stereocenters. The van der Waals surface area contributed by atoms with Gasteiger partial charge in [-0.15, -0.1) is 0 Å². The van der Waals surface area contributed by atoms with Gasteiger partial charge in [-0.3, -0.25) is 9.78 Å². The molecule has 1 aliphatic heterocycles. The summed E-state index contributed by atoms with van der Waals surface area (Å²) >= 11 is 12.7. The van der Waals surface area contributed by atoms with Gasteiger partial charge < -0.3 is 15.2 Å². The number of fused-ring (bicyclic) bond motifs is 1. The summed E-state index contributed by atoms with van der Waals surface area (Å²) < 4.78 is 0. The molecule has 5 rings (SSSR count). The predicted octanol–water partition coefficient (Wildman–Crippen LogP) is 5.97. The van der Waals surface area contributed by atoms with Crippen LogP contribution in [0.15, 0.2) is 60.9 Å². The lowest BCUT2D eigenvalue weighted by molar-refractivity contribution is 0.0950. The number of rotatable bonds is 6. The molecule has 174 valence electrons. The Bertz CT molecular complexity index is 1300. The maximum atomic E-state index is 12.8. The number of H-pyrrole nitrogens is 1. The predicted molar refractivity (Wildman–Crippen MR) is 138 cm³/mol. The van der Waals surface area contributed by atoms with Crippen LogP contribution < -0.4 is 10.2 Å². The Morgan fingerprint density at radius 1 is 1.06 bits per heavy atom. The van der Waals surface area contributed by atoms with Crippen molar-refractivity contribution in [1.29, 1.82) is 0 Å². The number of piperidine rings is 1. The molecule has 1 saturated heterocycles. The number of imidazole rings is 1. The minimum absolute atomic E-state index is 0.110. The zero-order valence-electron chi connectivity index (χ0n) is 18.6. The fourth-order valence-corrected chi connectivity index (χ4v) is 4.92. The first kappa shape index (κ1) is 22.7. The Morgan fingerprint density at radius 2 is 1.85 bits per heavy atom. The summed E-state index contributed by atoms with van der Waals surface area (Å²) in [4.78, 5) is 27.1. The lowest BCUT2D eigenvalue weighted by Crippen LogP contribution is -2.35. The summed E-state index contributed by atoms with van der Waals surface area (Å²) in [6.45, 7) is 2.71. The first-order valence-electron chi connectivity index (χ1n) is 11.5. The second-order valence-electron chi connectivity index (χ2n) is 8.59. The largest absolute Gasteiger partial charge is 0.371 e. The molecule has 3 heterocycles. The van der Waals surface area contributed by atoms with Gasteiger partial charge in [-0.25, -0.2) is 4.98 Å². The highest BCUT2D eigenvalue weighted by Gasteiger charge is 2.20. The highest BCUT2D eigenvalue weighted by atomic mass is 35.5. The number of aromatic nitrogens is 3. The minimum Gasteiger partial charge on any atom is -0.371 e. The number of carbonyl (C=O) groups excluding carboxylic acids is 1. The molecular weight excluding hydrogens is 469 g/mol. The van der Waals surface area contributed by atoms with Gasteiger partial charge in [-0.2, -0.15) is 0 Å². The number of hydrogen-bond acceptors (Lipinski definition) is 4. The highest BCUT2D eigenvalue weighted by Crippen LogP contribution is 2.31. The molecule has 1 aliphatic rings. The second-order valence-corrected chi connectivity index (χ2v) is 9.41. The third-order valence-electron chi connectivity index (χ3n) is 6.43. The molecule has 1 amide bonds. The number of para-hydroxylation sites is 1. The van der Waals surface area contributed by atoms with Crippen LogP contribution in [0.25, 0.3) is 22.4 Å². The fourth-order valence-electron chi connectivity index (χ4n) is 4.50. The summed E-state index contributed by atoms with van der Waals surface area (Å²) in [6.07, 6.45) is 6.89. The number of amides is 1. The van der Waals surface area contributed by atoms with E-state index in [0.29, 0.717) is 39.5 Å². The standard InChI is InChI=1S/C26H25Cl2N5O/c27-21-5-4-18(16-20(21)25-31-23-3-1-2-22(28)24(23)32-25)26(34)30-13-6-17-9-14-33(15-10-17)19-7-11-29-12-8-19/h1-5,7-8,11-12,16-17H,6,9-10,13-15H2,(H,30,34)(H,31,32). The van der Waals surface area contributed by atoms with E-state index >= 15 is 0 Å². The number of pyridine rings is 1. The molecular formula is C26H25Cl2N5O. The molecule has 8 heteroatoms. The Labute approximate surface area is 208 Å². The van der Waals surface area contributed by atoms with Gasteiger partial charge in [0.05, 0.1) is 21.1 Å². The van der Waals surface area contributed by atoms with Crippen molar-refractivity contribution in [1.82, 2.24) is 20.3 Å². The molecule has 0 spiro atoms. The molecule has 6 nitrogen and oxygen atoms in total. The van der Waals surface area contributed by atoms with Crippen molar-refractivity contribution < 1.29 is 4.79 Å².